The monoisotopic (exact) mass is 1120 g/mol. The van der Waals surface area contributed by atoms with Crippen LogP contribution in [0, 0.1) is 23.2 Å². The third kappa shape index (κ3) is 10.7. The Morgan fingerprint density at radius 1 is 0.675 bits per heavy atom. The van der Waals surface area contributed by atoms with E-state index in [0.29, 0.717) is 100 Å². The van der Waals surface area contributed by atoms with Gasteiger partial charge in [-0.25, -0.2) is 18.2 Å². The summed E-state index contributed by atoms with van der Waals surface area (Å²) in [6.07, 6.45) is 9.03. The second kappa shape index (κ2) is 21.7. The van der Waals surface area contributed by atoms with Crippen LogP contribution in [0.2, 0.25) is 0 Å². The molecule has 8 aromatic rings. The topological polar surface area (TPSA) is 189 Å². The van der Waals surface area contributed by atoms with Crippen molar-refractivity contribution < 1.29 is 27.5 Å². The minimum atomic E-state index is -1.23. The average molecular weight is 1120 g/mol. The van der Waals surface area contributed by atoms with Gasteiger partial charge >= 0.3 is 6.07 Å². The van der Waals surface area contributed by atoms with Crippen LogP contribution in [0.1, 0.15) is 117 Å². The van der Waals surface area contributed by atoms with Gasteiger partial charge in [-0.3, -0.25) is 19.4 Å². The summed E-state index contributed by atoms with van der Waals surface area (Å²) < 4.78 is 55.2. The number of benzene rings is 4. The molecule has 5 aliphatic rings. The Hall–Kier alpha value is -9.11. The van der Waals surface area contributed by atoms with E-state index in [0.717, 1.165) is 59.2 Å². The lowest BCUT2D eigenvalue weighted by Crippen LogP contribution is -2.42. The molecule has 20 heteroatoms. The molecule has 0 radical (unpaired) electrons. The Bertz CT molecular complexity index is 4020. The van der Waals surface area contributed by atoms with Crippen LogP contribution in [-0.4, -0.2) is 88.9 Å². The number of carbonyl (C=O) groups excluding carboxylic acids is 2. The minimum absolute atomic E-state index is 0.0217. The number of anilines is 2. The molecule has 3 aliphatic carbocycles. The van der Waals surface area contributed by atoms with E-state index < -0.39 is 17.2 Å². The number of hydrogen-bond acceptors (Lipinski definition) is 12. The number of halogens is 3. The fourth-order valence-electron chi connectivity index (χ4n) is 11.5. The smallest absolute Gasteiger partial charge is 0.311 e. The molecule has 2 amide bonds. The van der Waals surface area contributed by atoms with E-state index in [4.69, 9.17) is 14.7 Å². The van der Waals surface area contributed by atoms with Crippen LogP contribution in [0.4, 0.5) is 24.8 Å². The molecule has 4 aromatic heterocycles. The van der Waals surface area contributed by atoms with Crippen molar-refractivity contribution in [3.63, 3.8) is 0 Å². The van der Waals surface area contributed by atoms with Crippen molar-refractivity contribution in [2.45, 2.75) is 94.8 Å². The van der Waals surface area contributed by atoms with Crippen molar-refractivity contribution in [1.82, 2.24) is 50.1 Å². The first-order valence-corrected chi connectivity index (χ1v) is 28.1. The summed E-state index contributed by atoms with van der Waals surface area (Å²) in [7, 11) is 3.68. The molecular weight excluding hydrogens is 1060 g/mol. The molecule has 0 unspecified atom stereocenters. The highest BCUT2D eigenvalue weighted by Gasteiger charge is 2.39. The maximum absolute atomic E-state index is 15.8. The summed E-state index contributed by atoms with van der Waals surface area (Å²) in [6, 6.07) is 32.9. The van der Waals surface area contributed by atoms with E-state index in [2.05, 4.69) is 48.0 Å². The second-order valence-electron chi connectivity index (χ2n) is 22.6. The Morgan fingerprint density at radius 3 is 1.90 bits per heavy atom. The molecule has 0 bridgehead atoms. The van der Waals surface area contributed by atoms with Crippen molar-refractivity contribution >= 4 is 23.5 Å². The van der Waals surface area contributed by atoms with Crippen LogP contribution in [-0.2, 0) is 40.3 Å². The van der Waals surface area contributed by atoms with E-state index in [9.17, 15) is 23.6 Å². The number of nitriles is 1. The molecule has 13 rings (SSSR count). The number of nitrogens with zero attached hydrogens (tertiary/aromatic N) is 12. The number of amides is 2. The lowest BCUT2D eigenvalue weighted by Gasteiger charge is -2.33. The normalized spacial score (nSPS) is 16.4. The standard InChI is InChI=1S/C63H58F3N14O3/c1-77-36-71-75-58(77)49-19-38(28-67)6-11-47(49)45-26-56(79-32-43-8-5-39(20-48(43)60(79)81)30-69-34-62(65)13-3-14-62)74-57(27-45)83-18-17-68-29-40-7-12-46(50(21-40)59-76-72-37-78(59)2)44-24-54(42-9-10-42)73-55(25-44)80-33-52-51(61(80)82)22-41(23-53(52)64)31-70-35-63(66)15-4-16-63/h5-8,11-12,19-27,36-37,42,69-70H,3-4,9-10,13-18,30-35H2,1-2H3/q+1. The molecule has 0 atom stereocenters. The van der Waals surface area contributed by atoms with Gasteiger partial charge in [-0.05, 0) is 151 Å². The summed E-state index contributed by atoms with van der Waals surface area (Å²) in [5.41, 5.74) is 7.30. The van der Waals surface area contributed by atoms with Gasteiger partial charge in [0.05, 0.1) is 24.7 Å². The summed E-state index contributed by atoms with van der Waals surface area (Å²) in [4.78, 5) is 46.2. The molecule has 418 valence electrons. The summed E-state index contributed by atoms with van der Waals surface area (Å²) >= 11 is 0. The number of carbonyl (C=O) groups is 2. The first-order chi connectivity index (χ1) is 40.3. The van der Waals surface area contributed by atoms with E-state index in [1.54, 1.807) is 46.4 Å². The molecular formula is C63H58F3N14O3+. The highest BCUT2D eigenvalue weighted by atomic mass is 19.1. The fraction of sp³-hybridized carbons (Fsp3) is 0.333. The molecule has 17 nitrogen and oxygen atoms in total. The number of aromatic nitrogens is 8. The summed E-state index contributed by atoms with van der Waals surface area (Å²) in [5, 5.41) is 33.4. The maximum Gasteiger partial charge on any atom is 0.311 e. The molecule has 4 aromatic carbocycles. The van der Waals surface area contributed by atoms with Gasteiger partial charge in [-0.2, -0.15) is 10.2 Å². The highest BCUT2D eigenvalue weighted by Crippen LogP contribution is 2.44. The maximum atomic E-state index is 15.8. The Kier molecular flexibility index (Phi) is 13.9. The van der Waals surface area contributed by atoms with Gasteiger partial charge < -0.3 is 24.5 Å². The van der Waals surface area contributed by atoms with Crippen LogP contribution in [0.5, 0.6) is 5.88 Å². The van der Waals surface area contributed by atoms with Crippen LogP contribution in [0.25, 0.3) is 49.9 Å². The zero-order valence-corrected chi connectivity index (χ0v) is 45.9. The number of hydrogen-bond donors (Lipinski definition) is 2. The van der Waals surface area contributed by atoms with Crippen molar-refractivity contribution in [3.8, 4) is 63.0 Å². The molecule has 0 saturated heterocycles. The first-order valence-electron chi connectivity index (χ1n) is 28.1. The average Bonchev–Trinajstić information content (AvgIpc) is 3.85. The number of aryl methyl sites for hydroxylation is 2. The number of fused-ring (bicyclic) bond motifs is 2. The fourth-order valence-corrected chi connectivity index (χ4v) is 11.5. The van der Waals surface area contributed by atoms with Crippen LogP contribution < -0.4 is 25.2 Å². The highest BCUT2D eigenvalue weighted by molar-refractivity contribution is 6.11. The SMILES string of the molecule is Cn1cnnc1-c1cc(C#N)ccc1-c1cc(OCC[N+]#Cc2ccc(-c3cc(C4CC4)nc(N4Cc5c(F)cc(CNCC6(F)CCC6)cc5C4=O)c3)c(-c3nncn3C)c2)nc(N2Cc3ccc(CNCC4(F)CCC4)cc3C2=O)c1. The molecule has 6 heterocycles. The van der Waals surface area contributed by atoms with Crippen LogP contribution in [0.15, 0.2) is 104 Å². The molecule has 2 N–H and O–H groups in total. The zero-order valence-electron chi connectivity index (χ0n) is 45.9. The number of nitrogens with one attached hydrogen (secondary N) is 2. The number of alkyl halides is 2. The van der Waals surface area contributed by atoms with Crippen molar-refractivity contribution in [2.24, 2.45) is 14.1 Å². The molecule has 2 aliphatic heterocycles. The van der Waals surface area contributed by atoms with E-state index in [1.165, 1.54) is 11.0 Å². The van der Waals surface area contributed by atoms with Gasteiger partial charge in [0.1, 0.15) is 47.0 Å². The summed E-state index contributed by atoms with van der Waals surface area (Å²) in [5.74, 6) is 1.29. The van der Waals surface area contributed by atoms with Gasteiger partial charge in [0.2, 0.25) is 5.88 Å². The first kappa shape index (κ1) is 53.2. The number of pyridine rings is 2. The lowest BCUT2D eigenvalue weighted by molar-refractivity contribution is 0.0627. The summed E-state index contributed by atoms with van der Waals surface area (Å²) in [6.45, 7) is 1.69. The molecule has 0 spiro atoms. The van der Waals surface area contributed by atoms with E-state index in [1.807, 2.05) is 79.3 Å². The van der Waals surface area contributed by atoms with Crippen LogP contribution in [0.3, 0.4) is 0 Å². The van der Waals surface area contributed by atoms with Crippen LogP contribution >= 0.6 is 0 Å². The molecule has 83 heavy (non-hydrogen) atoms. The number of ether oxygens (including phenoxy) is 1. The van der Waals surface area contributed by atoms with Gasteiger partial charge in [0.25, 0.3) is 18.4 Å². The second-order valence-corrected chi connectivity index (χ2v) is 22.6. The third-order valence-electron chi connectivity index (χ3n) is 16.6. The molecule has 3 saturated carbocycles. The quantitative estimate of drug-likeness (QED) is 0.0775. The molecule has 3 fully saturated rings. The largest absolute Gasteiger partial charge is 0.469 e. The Balaban J connectivity index is 0.760. The van der Waals surface area contributed by atoms with E-state index >= 15 is 4.39 Å². The van der Waals surface area contributed by atoms with Gasteiger partial charge in [-0.1, -0.05) is 29.1 Å². The third-order valence-corrected chi connectivity index (χ3v) is 16.6. The zero-order chi connectivity index (χ0) is 57.0. The van der Waals surface area contributed by atoms with Gasteiger partial charge in [0, 0.05) is 85.8 Å². The van der Waals surface area contributed by atoms with Crippen molar-refractivity contribution in [1.29, 1.82) is 5.26 Å². The van der Waals surface area contributed by atoms with Crippen molar-refractivity contribution in [3.05, 3.63) is 165 Å². The number of rotatable bonds is 18. The predicted molar refractivity (Wildman–Crippen MR) is 305 cm³/mol. The van der Waals surface area contributed by atoms with Crippen molar-refractivity contribution in [2.75, 3.05) is 36.0 Å². The lowest BCUT2D eigenvalue weighted by atomic mass is 9.82. The Labute approximate surface area is 477 Å². The van der Waals surface area contributed by atoms with Gasteiger partial charge in [0.15, 0.2) is 18.3 Å². The predicted octanol–water partition coefficient (Wildman–Crippen LogP) is 10.3. The minimum Gasteiger partial charge on any atom is -0.469 e. The van der Waals surface area contributed by atoms with Gasteiger partial charge in [-0.15, -0.1) is 20.4 Å². The van der Waals surface area contributed by atoms with E-state index in [-0.39, 0.29) is 75.1 Å². The Morgan fingerprint density at radius 2 is 1.28 bits per heavy atom.